The first kappa shape index (κ1) is 21.8. The van der Waals surface area contributed by atoms with Gasteiger partial charge >= 0.3 is 5.97 Å². The zero-order valence-corrected chi connectivity index (χ0v) is 17.9. The molecule has 0 aliphatic heterocycles. The van der Waals surface area contributed by atoms with Crippen molar-refractivity contribution in [1.82, 2.24) is 10.7 Å². The Hall–Kier alpha value is -2.93. The van der Waals surface area contributed by atoms with Gasteiger partial charge in [-0.05, 0) is 86.1 Å². The van der Waals surface area contributed by atoms with E-state index in [9.17, 15) is 4.79 Å². The van der Waals surface area contributed by atoms with E-state index in [0.29, 0.717) is 29.1 Å². The Morgan fingerprint density at radius 2 is 1.73 bits per heavy atom. The second-order valence-corrected chi connectivity index (χ2v) is 7.50. The number of rotatable bonds is 7. The summed E-state index contributed by atoms with van der Waals surface area (Å²) >= 11 is 5.29. The molecule has 0 amide bonds. The Labute approximate surface area is 182 Å². The molecule has 30 heavy (non-hydrogen) atoms. The Kier molecular flexibility index (Phi) is 8.20. The molecule has 0 saturated heterocycles. The monoisotopic (exact) mass is 425 g/mol. The maximum atomic E-state index is 12.3. The number of thiocarbonyl (C=S) groups is 1. The smallest absolute Gasteiger partial charge is 0.343 e. The number of nitrogens with zero attached hydrogens (tertiary/aromatic N) is 1. The second-order valence-electron chi connectivity index (χ2n) is 7.09. The van der Waals surface area contributed by atoms with Crippen LogP contribution in [0.1, 0.15) is 54.9 Å². The van der Waals surface area contributed by atoms with Crippen molar-refractivity contribution in [2.75, 3.05) is 6.61 Å². The molecule has 1 aliphatic rings. The number of hydrazone groups is 1. The van der Waals surface area contributed by atoms with Crippen molar-refractivity contribution in [2.45, 2.75) is 45.1 Å². The summed E-state index contributed by atoms with van der Waals surface area (Å²) in [6.45, 7) is 2.49. The molecule has 0 bridgehead atoms. The third kappa shape index (κ3) is 6.84. The number of carbonyl (C=O) groups is 1. The highest BCUT2D eigenvalue weighted by molar-refractivity contribution is 7.80. The summed E-state index contributed by atoms with van der Waals surface area (Å²) in [4.78, 5) is 12.3. The lowest BCUT2D eigenvalue weighted by Crippen LogP contribution is -2.40. The van der Waals surface area contributed by atoms with Crippen LogP contribution in [0.2, 0.25) is 0 Å². The third-order valence-corrected chi connectivity index (χ3v) is 5.02. The van der Waals surface area contributed by atoms with E-state index in [0.717, 1.165) is 24.2 Å². The maximum absolute atomic E-state index is 12.3. The molecular weight excluding hydrogens is 398 g/mol. The lowest BCUT2D eigenvalue weighted by atomic mass is 9.96. The number of esters is 1. The summed E-state index contributed by atoms with van der Waals surface area (Å²) in [5, 5.41) is 8.01. The van der Waals surface area contributed by atoms with E-state index in [-0.39, 0.29) is 0 Å². The van der Waals surface area contributed by atoms with Crippen LogP contribution in [0.25, 0.3) is 0 Å². The van der Waals surface area contributed by atoms with Crippen molar-refractivity contribution in [3.63, 3.8) is 0 Å². The van der Waals surface area contributed by atoms with Gasteiger partial charge in [0.05, 0.1) is 18.4 Å². The minimum atomic E-state index is -0.416. The molecule has 3 rings (SSSR count). The second kappa shape index (κ2) is 11.3. The first-order valence-corrected chi connectivity index (χ1v) is 10.7. The summed E-state index contributed by atoms with van der Waals surface area (Å²) in [6, 6.07) is 14.4. The van der Waals surface area contributed by atoms with Gasteiger partial charge in [-0.15, -0.1) is 0 Å². The molecule has 1 fully saturated rings. The lowest BCUT2D eigenvalue weighted by Gasteiger charge is -2.23. The average Bonchev–Trinajstić information content (AvgIpc) is 2.76. The molecule has 7 heteroatoms. The highest BCUT2D eigenvalue weighted by Crippen LogP contribution is 2.18. The van der Waals surface area contributed by atoms with E-state index in [1.807, 2.05) is 19.1 Å². The van der Waals surface area contributed by atoms with Gasteiger partial charge in [0.25, 0.3) is 0 Å². The Bertz CT molecular complexity index is 860. The van der Waals surface area contributed by atoms with Crippen molar-refractivity contribution in [2.24, 2.45) is 5.10 Å². The molecule has 0 spiro atoms. The zero-order chi connectivity index (χ0) is 21.2. The highest BCUT2D eigenvalue weighted by atomic mass is 32.1. The van der Waals surface area contributed by atoms with E-state index >= 15 is 0 Å². The van der Waals surface area contributed by atoms with Gasteiger partial charge in [0.15, 0.2) is 5.11 Å². The first-order chi connectivity index (χ1) is 14.6. The topological polar surface area (TPSA) is 72.0 Å². The van der Waals surface area contributed by atoms with Crippen LogP contribution in [0.5, 0.6) is 11.5 Å². The van der Waals surface area contributed by atoms with Gasteiger partial charge in [-0.25, -0.2) is 4.79 Å². The normalized spacial score (nSPS) is 14.3. The van der Waals surface area contributed by atoms with Gasteiger partial charge in [0, 0.05) is 6.04 Å². The van der Waals surface area contributed by atoms with E-state index in [1.54, 1.807) is 42.6 Å². The number of benzene rings is 2. The van der Waals surface area contributed by atoms with E-state index < -0.39 is 5.97 Å². The van der Waals surface area contributed by atoms with Gasteiger partial charge in [0.2, 0.25) is 0 Å². The first-order valence-electron chi connectivity index (χ1n) is 10.3. The number of hydrogen-bond acceptors (Lipinski definition) is 5. The van der Waals surface area contributed by atoms with Crippen molar-refractivity contribution < 1.29 is 14.3 Å². The van der Waals surface area contributed by atoms with E-state index in [1.165, 1.54) is 19.3 Å². The van der Waals surface area contributed by atoms with Gasteiger partial charge in [0.1, 0.15) is 11.5 Å². The molecular formula is C23H27N3O3S. The Morgan fingerprint density at radius 3 is 2.40 bits per heavy atom. The van der Waals surface area contributed by atoms with Crippen molar-refractivity contribution in [3.8, 4) is 11.5 Å². The Morgan fingerprint density at radius 1 is 1.07 bits per heavy atom. The molecule has 2 N–H and O–H groups in total. The van der Waals surface area contributed by atoms with Crippen LogP contribution >= 0.6 is 12.2 Å². The molecule has 0 atom stereocenters. The highest BCUT2D eigenvalue weighted by Gasteiger charge is 2.13. The van der Waals surface area contributed by atoms with E-state index in [2.05, 4.69) is 15.8 Å². The number of ether oxygens (including phenoxy) is 2. The van der Waals surface area contributed by atoms with Crippen LogP contribution in [-0.2, 0) is 0 Å². The molecule has 0 heterocycles. The molecule has 0 radical (unpaired) electrons. The molecule has 0 unspecified atom stereocenters. The summed E-state index contributed by atoms with van der Waals surface area (Å²) in [5.41, 5.74) is 4.18. The molecule has 2 aromatic rings. The van der Waals surface area contributed by atoms with Gasteiger partial charge < -0.3 is 14.8 Å². The van der Waals surface area contributed by atoms with Crippen molar-refractivity contribution >= 4 is 29.5 Å². The number of nitrogens with one attached hydrogen (secondary N) is 2. The molecule has 6 nitrogen and oxygen atoms in total. The largest absolute Gasteiger partial charge is 0.494 e. The fourth-order valence-corrected chi connectivity index (χ4v) is 3.49. The fraction of sp³-hybridized carbons (Fsp3) is 0.348. The maximum Gasteiger partial charge on any atom is 0.343 e. The SMILES string of the molecule is CCOc1ccc(C(=O)Oc2ccc(/C=N/NC(=S)NC3CCCCC3)cc2)cc1. The molecule has 0 aromatic heterocycles. The number of carbonyl (C=O) groups excluding carboxylic acids is 1. The average molecular weight is 426 g/mol. The fourth-order valence-electron chi connectivity index (χ4n) is 3.27. The molecule has 158 valence electrons. The van der Waals surface area contributed by atoms with Crippen molar-refractivity contribution in [3.05, 3.63) is 59.7 Å². The molecule has 1 saturated carbocycles. The predicted octanol–water partition coefficient (Wildman–Crippen LogP) is 4.44. The predicted molar refractivity (Wildman–Crippen MR) is 122 cm³/mol. The van der Waals surface area contributed by atoms with Crippen LogP contribution in [0.4, 0.5) is 0 Å². The molecule has 2 aromatic carbocycles. The quantitative estimate of drug-likeness (QED) is 0.225. The van der Waals surface area contributed by atoms with Gasteiger partial charge in [-0.1, -0.05) is 19.3 Å². The summed E-state index contributed by atoms with van der Waals surface area (Å²) in [7, 11) is 0. The van der Waals surface area contributed by atoms with Crippen LogP contribution in [0.3, 0.4) is 0 Å². The minimum absolute atomic E-state index is 0.416. The minimum Gasteiger partial charge on any atom is -0.494 e. The summed E-state index contributed by atoms with van der Waals surface area (Å²) < 4.78 is 10.8. The zero-order valence-electron chi connectivity index (χ0n) is 17.1. The summed E-state index contributed by atoms with van der Waals surface area (Å²) in [5.74, 6) is 0.772. The van der Waals surface area contributed by atoms with E-state index in [4.69, 9.17) is 21.7 Å². The lowest BCUT2D eigenvalue weighted by molar-refractivity contribution is 0.0734. The van der Waals surface area contributed by atoms with Crippen molar-refractivity contribution in [1.29, 1.82) is 0 Å². The summed E-state index contributed by atoms with van der Waals surface area (Å²) in [6.07, 6.45) is 7.79. The van der Waals surface area contributed by atoms with Gasteiger partial charge in [-0.2, -0.15) is 5.10 Å². The van der Waals surface area contributed by atoms with Crippen LogP contribution in [-0.4, -0.2) is 29.9 Å². The number of hydrogen-bond donors (Lipinski definition) is 2. The Balaban J connectivity index is 1.46. The third-order valence-electron chi connectivity index (χ3n) is 4.81. The standard InChI is InChI=1S/C23H27N3O3S/c1-2-28-20-14-10-18(11-15-20)22(27)29-21-12-8-17(9-13-21)16-24-26-23(30)25-19-6-4-3-5-7-19/h8-16,19H,2-7H2,1H3,(H2,25,26,30)/b24-16+. The van der Waals surface area contributed by atoms with Gasteiger partial charge in [-0.3, -0.25) is 5.43 Å². The van der Waals surface area contributed by atoms with Crippen LogP contribution in [0.15, 0.2) is 53.6 Å². The van der Waals surface area contributed by atoms with Crippen LogP contribution in [0, 0.1) is 0 Å². The molecule has 1 aliphatic carbocycles. The van der Waals surface area contributed by atoms with Crippen LogP contribution < -0.4 is 20.2 Å².